The van der Waals surface area contributed by atoms with E-state index in [0.29, 0.717) is 12.2 Å². The maximum atomic E-state index is 12.1. The number of phenolic OH excluding ortho intramolecular Hbond substituents is 1. The minimum Gasteiger partial charge on any atom is -0.508 e. The lowest BCUT2D eigenvalue weighted by Crippen LogP contribution is -2.25. The van der Waals surface area contributed by atoms with E-state index in [1.54, 1.807) is 24.3 Å². The number of benzene rings is 1. The monoisotopic (exact) mass is 298 g/mol. The predicted molar refractivity (Wildman–Crippen MR) is 83.9 cm³/mol. The Hall–Kier alpha value is -2.76. The number of aromatic nitrogens is 3. The summed E-state index contributed by atoms with van der Waals surface area (Å²) >= 11 is 0. The van der Waals surface area contributed by atoms with E-state index in [2.05, 4.69) is 20.5 Å². The zero-order valence-corrected chi connectivity index (χ0v) is 12.3. The molecule has 0 saturated carbocycles. The van der Waals surface area contributed by atoms with Crippen molar-refractivity contribution in [1.29, 1.82) is 0 Å². The van der Waals surface area contributed by atoms with Crippen LogP contribution in [0.15, 0.2) is 30.5 Å². The van der Waals surface area contributed by atoms with Crippen LogP contribution >= 0.6 is 0 Å². The summed E-state index contributed by atoms with van der Waals surface area (Å²) in [7, 11) is 0. The highest BCUT2D eigenvalue weighted by molar-refractivity contribution is 5.98. The number of carbonyl (C=O) groups is 1. The molecule has 1 amide bonds. The molecule has 6 nitrogen and oxygen atoms in total. The van der Waals surface area contributed by atoms with Crippen molar-refractivity contribution in [1.82, 2.24) is 20.5 Å². The number of aromatic amines is 2. The summed E-state index contributed by atoms with van der Waals surface area (Å²) in [6.07, 6.45) is 3.55. The molecule has 1 aromatic carbocycles. The van der Waals surface area contributed by atoms with Crippen molar-refractivity contribution in [2.24, 2.45) is 0 Å². The number of H-pyrrole nitrogens is 2. The SMILES string of the molecule is Cc1[nH]ncc1CCCNC(=O)c1cc2ccc(O)cc2[nH]1. The maximum Gasteiger partial charge on any atom is 0.267 e. The lowest BCUT2D eigenvalue weighted by Gasteiger charge is -2.03. The summed E-state index contributed by atoms with van der Waals surface area (Å²) in [5.74, 6) is 0.0383. The first-order valence-electron chi connectivity index (χ1n) is 7.22. The lowest BCUT2D eigenvalue weighted by atomic mass is 10.1. The molecule has 22 heavy (non-hydrogen) atoms. The molecule has 2 aromatic heterocycles. The van der Waals surface area contributed by atoms with Crippen LogP contribution in [0.5, 0.6) is 5.75 Å². The van der Waals surface area contributed by atoms with Crippen molar-refractivity contribution in [3.05, 3.63) is 47.4 Å². The van der Waals surface area contributed by atoms with Crippen LogP contribution in [0.25, 0.3) is 10.9 Å². The predicted octanol–water partition coefficient (Wildman–Crippen LogP) is 2.27. The molecule has 3 rings (SSSR count). The molecule has 0 bridgehead atoms. The summed E-state index contributed by atoms with van der Waals surface area (Å²) in [4.78, 5) is 15.1. The Bertz CT molecular complexity index is 803. The number of carbonyl (C=O) groups excluding carboxylic acids is 1. The molecule has 0 saturated heterocycles. The van der Waals surface area contributed by atoms with Crippen LogP contribution in [0.4, 0.5) is 0 Å². The normalized spacial score (nSPS) is 11.0. The Morgan fingerprint density at radius 3 is 3.00 bits per heavy atom. The fraction of sp³-hybridized carbons (Fsp3) is 0.250. The highest BCUT2D eigenvalue weighted by atomic mass is 16.3. The number of amides is 1. The number of fused-ring (bicyclic) bond motifs is 1. The van der Waals surface area contributed by atoms with E-state index in [0.717, 1.165) is 29.4 Å². The highest BCUT2D eigenvalue weighted by Crippen LogP contribution is 2.20. The van der Waals surface area contributed by atoms with Crippen molar-refractivity contribution >= 4 is 16.8 Å². The van der Waals surface area contributed by atoms with Crippen molar-refractivity contribution in [2.75, 3.05) is 6.54 Å². The van der Waals surface area contributed by atoms with Gasteiger partial charge in [0.2, 0.25) is 0 Å². The summed E-state index contributed by atoms with van der Waals surface area (Å²) in [6, 6.07) is 6.77. The molecule has 114 valence electrons. The van der Waals surface area contributed by atoms with Gasteiger partial charge in [-0.1, -0.05) is 0 Å². The first-order valence-corrected chi connectivity index (χ1v) is 7.22. The molecule has 4 N–H and O–H groups in total. The number of hydrogen-bond donors (Lipinski definition) is 4. The molecule has 0 aliphatic rings. The van der Waals surface area contributed by atoms with Crippen molar-refractivity contribution in [3.63, 3.8) is 0 Å². The van der Waals surface area contributed by atoms with Gasteiger partial charge in [0.1, 0.15) is 11.4 Å². The molecule has 0 radical (unpaired) electrons. The largest absolute Gasteiger partial charge is 0.508 e. The van der Waals surface area contributed by atoms with Gasteiger partial charge in [-0.15, -0.1) is 0 Å². The third-order valence-corrected chi connectivity index (χ3v) is 3.69. The van der Waals surface area contributed by atoms with Crippen LogP contribution in [-0.4, -0.2) is 32.7 Å². The van der Waals surface area contributed by atoms with Gasteiger partial charge in [-0.05, 0) is 43.5 Å². The molecule has 0 unspecified atom stereocenters. The van der Waals surface area contributed by atoms with E-state index in [1.807, 2.05) is 13.1 Å². The van der Waals surface area contributed by atoms with Gasteiger partial charge in [0.25, 0.3) is 5.91 Å². The third-order valence-electron chi connectivity index (χ3n) is 3.69. The number of phenols is 1. The fourth-order valence-electron chi connectivity index (χ4n) is 2.44. The standard InChI is InChI=1S/C16H18N4O2/c1-10-12(9-18-20-10)3-2-6-17-16(22)15-7-11-4-5-13(21)8-14(11)19-15/h4-5,7-9,19,21H,2-3,6H2,1H3,(H,17,22)(H,18,20). The van der Waals surface area contributed by atoms with E-state index >= 15 is 0 Å². The van der Waals surface area contributed by atoms with Gasteiger partial charge in [0.05, 0.1) is 6.20 Å². The molecule has 0 aliphatic carbocycles. The maximum absolute atomic E-state index is 12.1. The van der Waals surface area contributed by atoms with E-state index < -0.39 is 0 Å². The Kier molecular flexibility index (Phi) is 3.82. The smallest absolute Gasteiger partial charge is 0.267 e. The van der Waals surface area contributed by atoms with Crippen molar-refractivity contribution in [2.45, 2.75) is 19.8 Å². The van der Waals surface area contributed by atoms with Gasteiger partial charge in [-0.3, -0.25) is 9.89 Å². The average Bonchev–Trinajstić information content (AvgIpc) is 3.09. The third kappa shape index (κ3) is 2.95. The van der Waals surface area contributed by atoms with Gasteiger partial charge in [0, 0.05) is 29.2 Å². The Balaban J connectivity index is 1.55. The summed E-state index contributed by atoms with van der Waals surface area (Å²) in [5.41, 5.74) is 3.50. The number of aryl methyl sites for hydroxylation is 2. The second-order valence-electron chi connectivity index (χ2n) is 5.33. The first-order chi connectivity index (χ1) is 10.6. The Labute approximate surface area is 127 Å². The first kappa shape index (κ1) is 14.2. The fourth-order valence-corrected chi connectivity index (χ4v) is 2.44. The number of hydrogen-bond acceptors (Lipinski definition) is 3. The van der Waals surface area contributed by atoms with Gasteiger partial charge < -0.3 is 15.4 Å². The van der Waals surface area contributed by atoms with Crippen molar-refractivity contribution < 1.29 is 9.90 Å². The summed E-state index contributed by atoms with van der Waals surface area (Å²) < 4.78 is 0. The molecule has 6 heteroatoms. The molecular weight excluding hydrogens is 280 g/mol. The topological polar surface area (TPSA) is 93.8 Å². The zero-order chi connectivity index (χ0) is 15.5. The van der Waals surface area contributed by atoms with Gasteiger partial charge in [0.15, 0.2) is 0 Å². The number of nitrogens with one attached hydrogen (secondary N) is 3. The van der Waals surface area contributed by atoms with Crippen LogP contribution in [0.2, 0.25) is 0 Å². The van der Waals surface area contributed by atoms with Crippen LogP contribution < -0.4 is 5.32 Å². The van der Waals surface area contributed by atoms with E-state index in [4.69, 9.17) is 0 Å². The minimum atomic E-state index is -0.139. The molecular formula is C16H18N4O2. The number of rotatable bonds is 5. The van der Waals surface area contributed by atoms with Crippen LogP contribution in [0.1, 0.15) is 28.2 Å². The second kappa shape index (κ2) is 5.93. The molecule has 3 aromatic rings. The molecule has 2 heterocycles. The molecule has 0 fully saturated rings. The van der Waals surface area contributed by atoms with Crippen LogP contribution in [0.3, 0.4) is 0 Å². The number of aromatic hydroxyl groups is 1. The van der Waals surface area contributed by atoms with Crippen molar-refractivity contribution in [3.8, 4) is 5.75 Å². The lowest BCUT2D eigenvalue weighted by molar-refractivity contribution is 0.0949. The number of nitrogens with zero attached hydrogens (tertiary/aromatic N) is 1. The molecule has 0 spiro atoms. The Morgan fingerprint density at radius 2 is 2.23 bits per heavy atom. The molecule has 0 atom stereocenters. The summed E-state index contributed by atoms with van der Waals surface area (Å²) in [5, 5.41) is 20.1. The summed E-state index contributed by atoms with van der Waals surface area (Å²) in [6.45, 7) is 2.59. The van der Waals surface area contributed by atoms with E-state index in [9.17, 15) is 9.90 Å². The highest BCUT2D eigenvalue weighted by Gasteiger charge is 2.09. The minimum absolute atomic E-state index is 0.139. The van der Waals surface area contributed by atoms with Gasteiger partial charge >= 0.3 is 0 Å². The van der Waals surface area contributed by atoms with Crippen LogP contribution in [-0.2, 0) is 6.42 Å². The van der Waals surface area contributed by atoms with Gasteiger partial charge in [-0.25, -0.2) is 0 Å². The van der Waals surface area contributed by atoms with E-state index in [1.165, 1.54) is 5.56 Å². The average molecular weight is 298 g/mol. The zero-order valence-electron chi connectivity index (χ0n) is 12.3. The van der Waals surface area contributed by atoms with Crippen LogP contribution in [0, 0.1) is 6.92 Å². The van der Waals surface area contributed by atoms with Gasteiger partial charge in [-0.2, -0.15) is 5.10 Å². The molecule has 0 aliphatic heterocycles. The second-order valence-corrected chi connectivity index (χ2v) is 5.33. The van der Waals surface area contributed by atoms with E-state index in [-0.39, 0.29) is 11.7 Å². The quantitative estimate of drug-likeness (QED) is 0.544. The Morgan fingerprint density at radius 1 is 1.36 bits per heavy atom.